The fraction of sp³-hybridized carbons (Fsp3) is 0.400. The lowest BCUT2D eigenvalue weighted by Crippen LogP contribution is -2.40. The molecule has 0 spiro atoms. The number of nitrogens with zero attached hydrogens (tertiary/aromatic N) is 4. The average Bonchev–Trinajstić information content (AvgIpc) is 3.08. The predicted molar refractivity (Wildman–Crippen MR) is 84.7 cm³/mol. The molecular formula is C15H17N5O2S. The van der Waals surface area contributed by atoms with Gasteiger partial charge in [0, 0.05) is 23.9 Å². The molecular weight excluding hydrogens is 314 g/mol. The Morgan fingerprint density at radius 3 is 2.74 bits per heavy atom. The van der Waals surface area contributed by atoms with Crippen LogP contribution in [0, 0.1) is 0 Å². The maximum absolute atomic E-state index is 12.8. The number of nitrogens with one attached hydrogen (secondary N) is 1. The first-order chi connectivity index (χ1) is 10.9. The van der Waals surface area contributed by atoms with Crippen LogP contribution < -0.4 is 5.32 Å². The van der Waals surface area contributed by atoms with E-state index in [1.807, 2.05) is 13.8 Å². The second-order valence-corrected chi connectivity index (χ2v) is 6.97. The van der Waals surface area contributed by atoms with Crippen LogP contribution in [0.4, 0.5) is 4.79 Å². The van der Waals surface area contributed by atoms with Crippen molar-refractivity contribution in [2.75, 3.05) is 0 Å². The number of urea groups is 1. The topological polar surface area (TPSA) is 88.1 Å². The molecule has 0 bridgehead atoms. The van der Waals surface area contributed by atoms with Gasteiger partial charge in [-0.25, -0.2) is 4.79 Å². The summed E-state index contributed by atoms with van der Waals surface area (Å²) < 4.78 is 0. The minimum atomic E-state index is -1.10. The van der Waals surface area contributed by atoms with Crippen molar-refractivity contribution in [3.8, 4) is 0 Å². The van der Waals surface area contributed by atoms with Gasteiger partial charge >= 0.3 is 6.03 Å². The van der Waals surface area contributed by atoms with Gasteiger partial charge in [0.15, 0.2) is 0 Å². The molecule has 3 heterocycles. The number of hydrogen-bond acceptors (Lipinski definition) is 6. The number of hydrogen-bond donors (Lipinski definition) is 1. The highest BCUT2D eigenvalue weighted by Crippen LogP contribution is 2.30. The molecule has 0 aromatic carbocycles. The van der Waals surface area contributed by atoms with E-state index in [0.29, 0.717) is 10.6 Å². The molecule has 7 nitrogen and oxygen atoms in total. The number of imide groups is 1. The lowest BCUT2D eigenvalue weighted by molar-refractivity contribution is -0.131. The molecule has 0 aliphatic carbocycles. The monoisotopic (exact) mass is 331 g/mol. The van der Waals surface area contributed by atoms with Gasteiger partial charge in [0.05, 0.1) is 6.54 Å². The van der Waals surface area contributed by atoms with Gasteiger partial charge in [-0.2, -0.15) is 0 Å². The third-order valence-corrected chi connectivity index (χ3v) is 4.99. The largest absolute Gasteiger partial charge is 0.325 e. The van der Waals surface area contributed by atoms with Crippen molar-refractivity contribution in [2.45, 2.75) is 38.8 Å². The van der Waals surface area contributed by atoms with Crippen LogP contribution >= 0.6 is 11.3 Å². The van der Waals surface area contributed by atoms with Gasteiger partial charge in [-0.1, -0.05) is 31.3 Å². The van der Waals surface area contributed by atoms with E-state index >= 15 is 0 Å². The number of amides is 3. The fourth-order valence-corrected chi connectivity index (χ4v) is 3.23. The van der Waals surface area contributed by atoms with Crippen molar-refractivity contribution >= 4 is 23.3 Å². The summed E-state index contributed by atoms with van der Waals surface area (Å²) in [7, 11) is 0. The van der Waals surface area contributed by atoms with Gasteiger partial charge in [0.25, 0.3) is 5.91 Å². The van der Waals surface area contributed by atoms with Gasteiger partial charge < -0.3 is 5.32 Å². The molecule has 3 rings (SSSR count). The lowest BCUT2D eigenvalue weighted by Gasteiger charge is -2.21. The molecule has 1 atom stereocenters. The highest BCUT2D eigenvalue weighted by Gasteiger charge is 2.49. The molecule has 1 N–H and O–H groups in total. The molecule has 1 aliphatic rings. The Hall–Kier alpha value is -2.35. The predicted octanol–water partition coefficient (Wildman–Crippen LogP) is 2.02. The summed E-state index contributed by atoms with van der Waals surface area (Å²) in [6, 6.07) is 3.08. The second-order valence-electron chi connectivity index (χ2n) is 5.88. The molecule has 120 valence electrons. The van der Waals surface area contributed by atoms with Gasteiger partial charge in [-0.05, 0) is 13.0 Å². The van der Waals surface area contributed by atoms with Crippen LogP contribution in [0.3, 0.4) is 0 Å². The fourth-order valence-electron chi connectivity index (χ4n) is 2.39. The highest BCUT2D eigenvalue weighted by atomic mass is 32.1. The van der Waals surface area contributed by atoms with Crippen molar-refractivity contribution in [2.24, 2.45) is 0 Å². The molecule has 1 aliphatic heterocycles. The molecule has 3 amide bonds. The second kappa shape index (κ2) is 5.69. The van der Waals surface area contributed by atoms with E-state index in [4.69, 9.17) is 0 Å². The Bertz CT molecular complexity index is 745. The molecule has 2 aromatic rings. The maximum Gasteiger partial charge on any atom is 0.325 e. The van der Waals surface area contributed by atoms with E-state index in [2.05, 4.69) is 20.5 Å². The number of carbonyl (C=O) groups is 2. The van der Waals surface area contributed by atoms with Crippen molar-refractivity contribution in [1.29, 1.82) is 0 Å². The normalized spacial score (nSPS) is 21.1. The van der Waals surface area contributed by atoms with E-state index in [1.54, 1.807) is 31.5 Å². The lowest BCUT2D eigenvalue weighted by atomic mass is 9.94. The zero-order valence-electron chi connectivity index (χ0n) is 13.1. The number of carbonyl (C=O) groups excluding carboxylic acids is 2. The van der Waals surface area contributed by atoms with Gasteiger partial charge in [-0.3, -0.25) is 14.7 Å². The molecule has 1 fully saturated rings. The third kappa shape index (κ3) is 2.70. The third-order valence-electron chi connectivity index (χ3n) is 3.78. The Kier molecular flexibility index (Phi) is 3.85. The van der Waals surface area contributed by atoms with E-state index < -0.39 is 11.6 Å². The zero-order chi connectivity index (χ0) is 16.6. The Balaban J connectivity index is 1.84. The average molecular weight is 331 g/mol. The number of pyridine rings is 1. The standard InChI is InChI=1S/C15H17N5O2S/c1-9(2)12-19-18-11(23-12)8-20-13(21)15(3,17-14(20)22)10-5-4-6-16-7-10/h4-7,9H,8H2,1-3H3,(H,17,22). The van der Waals surface area contributed by atoms with E-state index in [1.165, 1.54) is 16.2 Å². The van der Waals surface area contributed by atoms with Gasteiger partial charge in [0.2, 0.25) is 0 Å². The van der Waals surface area contributed by atoms with Crippen LogP contribution in [-0.4, -0.2) is 32.0 Å². The van der Waals surface area contributed by atoms with Gasteiger partial charge in [0.1, 0.15) is 15.6 Å². The Morgan fingerprint density at radius 2 is 2.13 bits per heavy atom. The minimum Gasteiger partial charge on any atom is -0.319 e. The first kappa shape index (κ1) is 15.5. The minimum absolute atomic E-state index is 0.130. The summed E-state index contributed by atoms with van der Waals surface area (Å²) in [4.78, 5) is 30.2. The Labute approximate surface area is 137 Å². The maximum atomic E-state index is 12.8. The first-order valence-corrected chi connectivity index (χ1v) is 8.10. The van der Waals surface area contributed by atoms with Crippen LogP contribution in [0.15, 0.2) is 24.5 Å². The summed E-state index contributed by atoms with van der Waals surface area (Å²) in [6.07, 6.45) is 3.21. The van der Waals surface area contributed by atoms with Crippen LogP contribution in [0.2, 0.25) is 0 Å². The summed E-state index contributed by atoms with van der Waals surface area (Å²) in [5.74, 6) is -0.0400. The van der Waals surface area contributed by atoms with Crippen LogP contribution in [0.5, 0.6) is 0 Å². The first-order valence-electron chi connectivity index (χ1n) is 7.28. The number of aromatic nitrogens is 3. The zero-order valence-corrected chi connectivity index (χ0v) is 13.9. The SMILES string of the molecule is CC(C)c1nnc(CN2C(=O)NC(C)(c3cccnc3)C2=O)s1. The van der Waals surface area contributed by atoms with Crippen LogP contribution in [-0.2, 0) is 16.9 Å². The van der Waals surface area contributed by atoms with Crippen LogP contribution in [0.25, 0.3) is 0 Å². The number of rotatable bonds is 4. The molecule has 1 unspecified atom stereocenters. The summed E-state index contributed by atoms with van der Waals surface area (Å²) in [5.41, 5.74) is -0.447. The molecule has 0 radical (unpaired) electrons. The summed E-state index contributed by atoms with van der Waals surface area (Å²) in [5, 5.41) is 12.5. The van der Waals surface area contributed by atoms with Crippen molar-refractivity contribution in [3.05, 3.63) is 40.1 Å². The van der Waals surface area contributed by atoms with Crippen molar-refractivity contribution in [1.82, 2.24) is 25.4 Å². The molecule has 0 saturated carbocycles. The quantitative estimate of drug-likeness (QED) is 0.866. The molecule has 1 saturated heterocycles. The van der Waals surface area contributed by atoms with Crippen molar-refractivity contribution in [3.63, 3.8) is 0 Å². The molecule has 2 aromatic heterocycles. The molecule has 8 heteroatoms. The summed E-state index contributed by atoms with van der Waals surface area (Å²) >= 11 is 1.42. The smallest absolute Gasteiger partial charge is 0.319 e. The van der Waals surface area contributed by atoms with E-state index in [0.717, 1.165) is 5.01 Å². The van der Waals surface area contributed by atoms with Gasteiger partial charge in [-0.15, -0.1) is 10.2 Å². The summed E-state index contributed by atoms with van der Waals surface area (Å²) in [6.45, 7) is 5.86. The van der Waals surface area contributed by atoms with E-state index in [9.17, 15) is 9.59 Å². The van der Waals surface area contributed by atoms with E-state index in [-0.39, 0.29) is 18.4 Å². The van der Waals surface area contributed by atoms with Crippen LogP contribution in [0.1, 0.15) is 42.3 Å². The molecule has 23 heavy (non-hydrogen) atoms. The highest BCUT2D eigenvalue weighted by molar-refractivity contribution is 7.11. The Morgan fingerprint density at radius 1 is 1.35 bits per heavy atom. The van der Waals surface area contributed by atoms with Crippen molar-refractivity contribution < 1.29 is 9.59 Å².